The van der Waals surface area contributed by atoms with Crippen molar-refractivity contribution in [3.05, 3.63) is 35.0 Å². The third-order valence-corrected chi connectivity index (χ3v) is 10.2. The van der Waals surface area contributed by atoms with Crippen LogP contribution in [0.5, 0.6) is 0 Å². The van der Waals surface area contributed by atoms with Crippen molar-refractivity contribution in [3.8, 4) is 0 Å². The number of halogens is 1. The molecule has 1 spiro atoms. The van der Waals surface area contributed by atoms with Crippen LogP contribution in [0.15, 0.2) is 34.3 Å². The Balaban J connectivity index is 1.43. The van der Waals surface area contributed by atoms with Gasteiger partial charge in [0.1, 0.15) is 15.6 Å². The van der Waals surface area contributed by atoms with E-state index in [-0.39, 0.29) is 26.8 Å². The van der Waals surface area contributed by atoms with Crippen LogP contribution in [0.3, 0.4) is 0 Å². The first-order valence-electron chi connectivity index (χ1n) is 11.8. The highest BCUT2D eigenvalue weighted by Gasteiger charge is 2.47. The Kier molecular flexibility index (Phi) is 7.78. The molecule has 2 heterocycles. The highest BCUT2D eigenvalue weighted by Crippen LogP contribution is 2.47. The predicted molar refractivity (Wildman–Crippen MR) is 143 cm³/mol. The highest BCUT2D eigenvalue weighted by atomic mass is 35.5. The molecule has 0 unspecified atom stereocenters. The van der Waals surface area contributed by atoms with Gasteiger partial charge in [-0.3, -0.25) is 4.79 Å². The van der Waals surface area contributed by atoms with Crippen LogP contribution in [0.2, 0.25) is 5.02 Å². The normalized spacial score (nSPS) is 20.8. The minimum absolute atomic E-state index is 0.175. The molecule has 4 rings (SSSR count). The van der Waals surface area contributed by atoms with E-state index in [0.717, 1.165) is 51.0 Å². The standard InChI is InChI=1S/C24H33ClN6O2S2/c1-23(2,3)35(33)30-17-8-5-9-24(17)10-12-31(13-11-24)18-14-28-22(20(26)29-18)34-16-7-4-6-15(19(16)25)21(27)32/h4,6-7,14,17,30H,5,8-13H2,1-3H3,(H2,26,29)(H2,27,32)/t17-,35-/m1/s1. The number of hydrogen-bond donors (Lipinski definition) is 3. The Bertz CT molecular complexity index is 1090. The summed E-state index contributed by atoms with van der Waals surface area (Å²) in [6, 6.07) is 5.37. The fraction of sp³-hybridized carbons (Fsp3) is 0.542. The van der Waals surface area contributed by atoms with Crippen LogP contribution in [0, 0.1) is 5.41 Å². The highest BCUT2D eigenvalue weighted by molar-refractivity contribution is 7.99. The summed E-state index contributed by atoms with van der Waals surface area (Å²) < 4.78 is 15.9. The average Bonchev–Trinajstić information content (AvgIpc) is 3.17. The number of amides is 1. The molecule has 1 aliphatic heterocycles. The van der Waals surface area contributed by atoms with Gasteiger partial charge >= 0.3 is 0 Å². The quantitative estimate of drug-likeness (QED) is 0.469. The predicted octanol–water partition coefficient (Wildman–Crippen LogP) is 4.15. The number of nitrogen functional groups attached to an aromatic ring is 1. The van der Waals surface area contributed by atoms with Gasteiger partial charge in [-0.05, 0) is 64.0 Å². The van der Waals surface area contributed by atoms with Gasteiger partial charge in [-0.2, -0.15) is 0 Å². The minimum atomic E-state index is -1.07. The van der Waals surface area contributed by atoms with Crippen LogP contribution in [0.1, 0.15) is 63.2 Å². The van der Waals surface area contributed by atoms with Crippen molar-refractivity contribution in [2.75, 3.05) is 23.7 Å². The van der Waals surface area contributed by atoms with E-state index in [1.54, 1.807) is 24.4 Å². The van der Waals surface area contributed by atoms with Crippen molar-refractivity contribution < 1.29 is 9.35 Å². The van der Waals surface area contributed by atoms with Crippen molar-refractivity contribution in [3.63, 3.8) is 0 Å². The Morgan fingerprint density at radius 2 is 2.03 bits per heavy atom. The van der Waals surface area contributed by atoms with E-state index in [1.165, 1.54) is 11.8 Å². The molecule has 190 valence electrons. The van der Waals surface area contributed by atoms with Gasteiger partial charge in [-0.15, -0.1) is 4.72 Å². The second-order valence-electron chi connectivity index (χ2n) is 10.3. The number of rotatable bonds is 6. The molecule has 2 atom stereocenters. The first-order valence-corrected chi connectivity index (χ1v) is 14.2. The molecule has 2 fully saturated rings. The smallest absolute Gasteiger partial charge is 0.250 e. The monoisotopic (exact) mass is 536 g/mol. The third-order valence-electron chi connectivity index (χ3n) is 6.98. The van der Waals surface area contributed by atoms with E-state index in [0.29, 0.717) is 15.7 Å². The van der Waals surface area contributed by atoms with Crippen molar-refractivity contribution >= 4 is 52.3 Å². The van der Waals surface area contributed by atoms with Gasteiger partial charge in [-0.25, -0.2) is 9.97 Å². The number of hydrogen-bond acceptors (Lipinski definition) is 8. The van der Waals surface area contributed by atoms with Gasteiger partial charge < -0.3 is 20.9 Å². The summed E-state index contributed by atoms with van der Waals surface area (Å²) >= 11 is 6.53. The Labute approximate surface area is 219 Å². The van der Waals surface area contributed by atoms with Gasteiger partial charge in [0.15, 0.2) is 5.82 Å². The largest absolute Gasteiger partial charge is 0.598 e. The average molecular weight is 537 g/mol. The van der Waals surface area contributed by atoms with Crippen LogP contribution in [0.4, 0.5) is 11.6 Å². The van der Waals surface area contributed by atoms with Crippen LogP contribution in [-0.2, 0) is 11.4 Å². The minimum Gasteiger partial charge on any atom is -0.598 e. The molecule has 1 saturated heterocycles. The van der Waals surface area contributed by atoms with Crippen molar-refractivity contribution in [1.29, 1.82) is 0 Å². The Morgan fingerprint density at radius 3 is 2.66 bits per heavy atom. The molecule has 0 radical (unpaired) electrons. The van der Waals surface area contributed by atoms with Crippen molar-refractivity contribution in [2.24, 2.45) is 11.1 Å². The summed E-state index contributed by atoms with van der Waals surface area (Å²) in [6.45, 7) is 7.73. The van der Waals surface area contributed by atoms with E-state index < -0.39 is 17.3 Å². The number of benzene rings is 1. The number of primary amides is 1. The molecule has 1 aliphatic carbocycles. The zero-order chi connectivity index (χ0) is 25.4. The molecule has 35 heavy (non-hydrogen) atoms. The summed E-state index contributed by atoms with van der Waals surface area (Å²) in [6.07, 6.45) is 7.16. The summed E-state index contributed by atoms with van der Waals surface area (Å²) in [4.78, 5) is 23.6. The van der Waals surface area contributed by atoms with Crippen LogP contribution >= 0.6 is 23.4 Å². The maximum atomic E-state index is 12.7. The van der Waals surface area contributed by atoms with Gasteiger partial charge in [-0.1, -0.05) is 35.9 Å². The molecule has 5 N–H and O–H groups in total. The molecule has 11 heteroatoms. The zero-order valence-electron chi connectivity index (χ0n) is 20.3. The number of anilines is 2. The summed E-state index contributed by atoms with van der Waals surface area (Å²) in [5.41, 5.74) is 12.1. The molecule has 0 bridgehead atoms. The van der Waals surface area contributed by atoms with Crippen LogP contribution < -0.4 is 21.1 Å². The molecular formula is C24H33ClN6O2S2. The van der Waals surface area contributed by atoms with Gasteiger partial charge in [0.05, 0.1) is 22.8 Å². The van der Waals surface area contributed by atoms with E-state index in [9.17, 15) is 9.35 Å². The topological polar surface area (TPSA) is 133 Å². The first-order chi connectivity index (χ1) is 16.5. The molecule has 8 nitrogen and oxygen atoms in total. The van der Waals surface area contributed by atoms with Crippen molar-refractivity contribution in [2.45, 2.75) is 73.6 Å². The Hall–Kier alpha value is -1.72. The van der Waals surface area contributed by atoms with E-state index in [1.807, 2.05) is 20.8 Å². The molecule has 2 aliphatic rings. The van der Waals surface area contributed by atoms with E-state index >= 15 is 0 Å². The molecule has 2 aromatic rings. The fourth-order valence-corrected chi connectivity index (χ4v) is 7.03. The second kappa shape index (κ2) is 10.3. The molecule has 1 aromatic carbocycles. The maximum absolute atomic E-state index is 12.7. The number of carbonyl (C=O) groups excluding carboxylic acids is 1. The fourth-order valence-electron chi connectivity index (χ4n) is 4.91. The SMILES string of the molecule is CC(C)(C)[S@@+]([O-])N[C@@H]1CCCC12CCN(c1cnc(Sc3cccc(C(N)=O)c3Cl)c(N)n1)CC2. The maximum Gasteiger partial charge on any atom is 0.250 e. The molecule has 1 amide bonds. The van der Waals surface area contributed by atoms with Crippen molar-refractivity contribution in [1.82, 2.24) is 14.7 Å². The lowest BCUT2D eigenvalue weighted by atomic mass is 9.74. The number of nitrogens with two attached hydrogens (primary N) is 2. The first kappa shape index (κ1) is 26.3. The lowest BCUT2D eigenvalue weighted by Crippen LogP contribution is -2.53. The van der Waals surface area contributed by atoms with Crippen LogP contribution in [0.25, 0.3) is 0 Å². The zero-order valence-corrected chi connectivity index (χ0v) is 22.7. The summed E-state index contributed by atoms with van der Waals surface area (Å²) in [7, 11) is 0. The number of piperidine rings is 1. The van der Waals surface area contributed by atoms with Gasteiger partial charge in [0.25, 0.3) is 0 Å². The molecule has 1 aromatic heterocycles. The van der Waals surface area contributed by atoms with Crippen LogP contribution in [-0.4, -0.2) is 44.3 Å². The third kappa shape index (κ3) is 5.67. The number of nitrogens with one attached hydrogen (secondary N) is 1. The lowest BCUT2D eigenvalue weighted by molar-refractivity contribution is 0.1000. The lowest BCUT2D eigenvalue weighted by Gasteiger charge is -2.44. The summed E-state index contributed by atoms with van der Waals surface area (Å²) in [5.74, 6) is 0.479. The van der Waals surface area contributed by atoms with Gasteiger partial charge in [0, 0.05) is 29.3 Å². The van der Waals surface area contributed by atoms with E-state index in [2.05, 4.69) is 19.6 Å². The number of carbonyl (C=O) groups is 1. The summed E-state index contributed by atoms with van der Waals surface area (Å²) in [5, 5.41) is 0.805. The molecule has 1 saturated carbocycles. The Morgan fingerprint density at radius 1 is 1.31 bits per heavy atom. The van der Waals surface area contributed by atoms with E-state index in [4.69, 9.17) is 23.1 Å². The number of nitrogens with zero attached hydrogens (tertiary/aromatic N) is 3. The molecular weight excluding hydrogens is 504 g/mol. The van der Waals surface area contributed by atoms with Gasteiger partial charge in [0.2, 0.25) is 5.91 Å². The second-order valence-corrected chi connectivity index (χ2v) is 13.7. The number of aromatic nitrogens is 2.